The van der Waals surface area contributed by atoms with Gasteiger partial charge in [-0.3, -0.25) is 9.69 Å². The average Bonchev–Trinajstić information content (AvgIpc) is 3.44. The number of benzene rings is 4. The second-order valence-corrected chi connectivity index (χ2v) is 11.7. The van der Waals surface area contributed by atoms with Gasteiger partial charge >= 0.3 is 5.97 Å². The van der Waals surface area contributed by atoms with Gasteiger partial charge < -0.3 is 29.2 Å². The summed E-state index contributed by atoms with van der Waals surface area (Å²) in [5, 5.41) is 29.7. The number of aliphatic carboxylic acids is 1. The SMILES string of the molecule is Cc1c(COc2cc(OCc3cccc(C#N)c3)c(CN3CC[C@@H](O)[C@H]3C(=O)O)cc2Cl)cccc1-c1ccc2c(c1)OCCO2. The number of carboxylic acids is 1. The first kappa shape index (κ1) is 31.2. The molecule has 1 fully saturated rings. The van der Waals surface area contributed by atoms with Crippen molar-refractivity contribution < 1.29 is 34.0 Å². The van der Waals surface area contributed by atoms with Gasteiger partial charge in [0.1, 0.15) is 44.0 Å². The minimum atomic E-state index is -1.08. The molecule has 0 spiro atoms. The fourth-order valence-electron chi connectivity index (χ4n) is 5.91. The number of hydrogen-bond acceptors (Lipinski definition) is 8. The van der Waals surface area contributed by atoms with Crippen molar-refractivity contribution >= 4 is 17.6 Å². The van der Waals surface area contributed by atoms with Crippen LogP contribution >= 0.6 is 11.6 Å². The smallest absolute Gasteiger partial charge is 0.323 e. The largest absolute Gasteiger partial charge is 0.488 e. The van der Waals surface area contributed by atoms with E-state index in [1.54, 1.807) is 35.2 Å². The molecule has 0 unspecified atom stereocenters. The Bertz CT molecular complexity index is 1800. The molecular formula is C36H33ClN2O7. The molecule has 0 aliphatic carbocycles. The normalized spacial score (nSPS) is 17.3. The van der Waals surface area contributed by atoms with Gasteiger partial charge in [-0.25, -0.2) is 0 Å². The molecule has 0 radical (unpaired) electrons. The van der Waals surface area contributed by atoms with Gasteiger partial charge in [-0.15, -0.1) is 0 Å². The first-order valence-electron chi connectivity index (χ1n) is 15.0. The summed E-state index contributed by atoms with van der Waals surface area (Å²) in [5.41, 5.74) is 6.05. The number of likely N-dealkylation sites (tertiary alicyclic amines) is 1. The van der Waals surface area contributed by atoms with Crippen LogP contribution in [-0.4, -0.2) is 53.0 Å². The Labute approximate surface area is 272 Å². The van der Waals surface area contributed by atoms with Gasteiger partial charge in [0, 0.05) is 24.7 Å². The van der Waals surface area contributed by atoms with Gasteiger partial charge in [0.05, 0.1) is 22.8 Å². The minimum absolute atomic E-state index is 0.172. The average molecular weight is 641 g/mol. The highest BCUT2D eigenvalue weighted by molar-refractivity contribution is 6.32. The zero-order valence-electron chi connectivity index (χ0n) is 25.2. The number of ether oxygens (including phenoxy) is 4. The van der Waals surface area contributed by atoms with Crippen LogP contribution in [-0.2, 0) is 24.6 Å². The van der Waals surface area contributed by atoms with Crippen LogP contribution < -0.4 is 18.9 Å². The summed E-state index contributed by atoms with van der Waals surface area (Å²) in [4.78, 5) is 13.6. The van der Waals surface area contributed by atoms with Crippen LogP contribution in [0.1, 0.15) is 34.2 Å². The lowest BCUT2D eigenvalue weighted by atomic mass is 9.96. The van der Waals surface area contributed by atoms with Crippen LogP contribution in [0.3, 0.4) is 0 Å². The molecule has 0 bridgehead atoms. The van der Waals surface area contributed by atoms with Gasteiger partial charge in [0.25, 0.3) is 0 Å². The molecule has 4 aromatic carbocycles. The van der Waals surface area contributed by atoms with Gasteiger partial charge in [-0.05, 0) is 71.5 Å². The molecule has 0 amide bonds. The van der Waals surface area contributed by atoms with E-state index in [0.717, 1.165) is 39.3 Å². The molecule has 236 valence electrons. The molecule has 0 aromatic heterocycles. The highest BCUT2D eigenvalue weighted by Crippen LogP contribution is 2.38. The third kappa shape index (κ3) is 6.75. The number of rotatable bonds is 10. The van der Waals surface area contributed by atoms with Crippen LogP contribution in [0.25, 0.3) is 11.1 Å². The van der Waals surface area contributed by atoms with Crippen molar-refractivity contribution in [3.63, 3.8) is 0 Å². The van der Waals surface area contributed by atoms with E-state index in [2.05, 4.69) is 12.1 Å². The Kier molecular flexibility index (Phi) is 9.31. The number of nitriles is 1. The Morgan fingerprint density at radius 1 is 0.978 bits per heavy atom. The van der Waals surface area contributed by atoms with Crippen molar-refractivity contribution in [3.8, 4) is 40.2 Å². The van der Waals surface area contributed by atoms with E-state index >= 15 is 0 Å². The van der Waals surface area contributed by atoms with E-state index in [1.807, 2.05) is 43.3 Å². The Hall–Kier alpha value is -4.75. The molecular weight excluding hydrogens is 608 g/mol. The third-order valence-corrected chi connectivity index (χ3v) is 8.64. The summed E-state index contributed by atoms with van der Waals surface area (Å²) < 4.78 is 24.0. The number of nitrogens with zero attached hydrogens (tertiary/aromatic N) is 2. The summed E-state index contributed by atoms with van der Waals surface area (Å²) >= 11 is 6.75. The van der Waals surface area contributed by atoms with Gasteiger partial charge in [-0.2, -0.15) is 5.26 Å². The van der Waals surface area contributed by atoms with E-state index in [9.17, 15) is 20.3 Å². The summed E-state index contributed by atoms with van der Waals surface area (Å²) in [6.07, 6.45) is -0.608. The molecule has 2 atom stereocenters. The zero-order chi connectivity index (χ0) is 32.2. The number of aliphatic hydroxyl groups excluding tert-OH is 1. The van der Waals surface area contributed by atoms with Crippen molar-refractivity contribution in [3.05, 3.63) is 106 Å². The van der Waals surface area contributed by atoms with Gasteiger partial charge in [0.2, 0.25) is 0 Å². The minimum Gasteiger partial charge on any atom is -0.488 e. The fourth-order valence-corrected chi connectivity index (χ4v) is 6.15. The quantitative estimate of drug-likeness (QED) is 0.211. The lowest BCUT2D eigenvalue weighted by molar-refractivity contribution is -0.145. The molecule has 2 N–H and O–H groups in total. The number of carbonyl (C=O) groups is 1. The molecule has 0 saturated carbocycles. The van der Waals surface area contributed by atoms with Crippen LogP contribution in [0.15, 0.2) is 72.8 Å². The molecule has 4 aromatic rings. The maximum atomic E-state index is 11.9. The van der Waals surface area contributed by atoms with E-state index in [1.165, 1.54) is 0 Å². The molecule has 10 heteroatoms. The van der Waals surface area contributed by atoms with Crippen LogP contribution in [0.2, 0.25) is 5.02 Å². The molecule has 2 aliphatic heterocycles. The lowest BCUT2D eigenvalue weighted by Crippen LogP contribution is -2.41. The van der Waals surface area contributed by atoms with Crippen molar-refractivity contribution in [1.82, 2.24) is 4.90 Å². The van der Waals surface area contributed by atoms with E-state index in [-0.39, 0.29) is 19.8 Å². The zero-order valence-corrected chi connectivity index (χ0v) is 26.0. The van der Waals surface area contributed by atoms with Crippen molar-refractivity contribution in [2.45, 2.75) is 45.2 Å². The fraction of sp³-hybridized carbons (Fsp3) is 0.278. The molecule has 1 saturated heterocycles. The van der Waals surface area contributed by atoms with Crippen LogP contribution in [0, 0.1) is 18.3 Å². The number of halogens is 1. The standard InChI is InChI=1S/C36H33ClN2O7/c1-22-26(6-3-7-28(22)25-8-9-31-34(16-25)44-13-12-43-31)21-46-33-17-32(45-20-24-5-2-4-23(14-24)18-38)27(15-29(33)37)19-39-11-10-30(40)35(39)36(41)42/h2-9,14-17,30,35,40H,10-13,19-21H2,1H3,(H,41,42)/t30-,35+/m1/s1. The van der Waals surface area contributed by atoms with E-state index in [0.29, 0.717) is 53.8 Å². The first-order chi connectivity index (χ1) is 22.3. The summed E-state index contributed by atoms with van der Waals surface area (Å²) in [5.74, 6) is 1.25. The lowest BCUT2D eigenvalue weighted by Gasteiger charge is -2.24. The van der Waals surface area contributed by atoms with E-state index in [4.69, 9.17) is 30.5 Å². The van der Waals surface area contributed by atoms with Crippen molar-refractivity contribution in [1.29, 1.82) is 5.26 Å². The molecule has 46 heavy (non-hydrogen) atoms. The number of fused-ring (bicyclic) bond motifs is 1. The highest BCUT2D eigenvalue weighted by Gasteiger charge is 2.38. The Morgan fingerprint density at radius 3 is 2.57 bits per heavy atom. The number of hydrogen-bond donors (Lipinski definition) is 2. The summed E-state index contributed by atoms with van der Waals surface area (Å²) in [6.45, 7) is 4.13. The molecule has 2 heterocycles. The summed E-state index contributed by atoms with van der Waals surface area (Å²) in [6, 6.07) is 23.6. The maximum absolute atomic E-state index is 11.9. The highest BCUT2D eigenvalue weighted by atomic mass is 35.5. The number of carboxylic acid groups (broad SMARTS) is 1. The predicted octanol–water partition coefficient (Wildman–Crippen LogP) is 6.14. The first-order valence-corrected chi connectivity index (χ1v) is 15.4. The van der Waals surface area contributed by atoms with E-state index < -0.39 is 18.1 Å². The van der Waals surface area contributed by atoms with Gasteiger partial charge in [0.15, 0.2) is 11.5 Å². The van der Waals surface area contributed by atoms with Crippen LogP contribution in [0.4, 0.5) is 0 Å². The predicted molar refractivity (Wildman–Crippen MR) is 171 cm³/mol. The molecule has 6 rings (SSSR count). The monoisotopic (exact) mass is 640 g/mol. The molecule has 9 nitrogen and oxygen atoms in total. The number of aliphatic hydroxyl groups is 1. The molecule has 2 aliphatic rings. The van der Waals surface area contributed by atoms with Crippen LogP contribution in [0.5, 0.6) is 23.0 Å². The second-order valence-electron chi connectivity index (χ2n) is 11.3. The van der Waals surface area contributed by atoms with Gasteiger partial charge in [-0.1, -0.05) is 48.0 Å². The Morgan fingerprint density at radius 2 is 1.76 bits per heavy atom. The third-order valence-electron chi connectivity index (χ3n) is 8.34. The maximum Gasteiger partial charge on any atom is 0.323 e. The second kappa shape index (κ2) is 13.7. The van der Waals surface area contributed by atoms with Crippen molar-refractivity contribution in [2.24, 2.45) is 0 Å². The van der Waals surface area contributed by atoms with Crippen molar-refractivity contribution in [2.75, 3.05) is 19.8 Å². The topological polar surface area (TPSA) is 121 Å². The summed E-state index contributed by atoms with van der Waals surface area (Å²) in [7, 11) is 0. The Balaban J connectivity index is 1.25.